The van der Waals surface area contributed by atoms with E-state index >= 15 is 0 Å². The Morgan fingerprint density at radius 1 is 0.900 bits per heavy atom. The Hall–Kier alpha value is -3.87. The molecule has 3 rings (SSSR count). The van der Waals surface area contributed by atoms with Crippen molar-refractivity contribution in [3.63, 3.8) is 0 Å². The van der Waals surface area contributed by atoms with Crippen LogP contribution in [0.5, 0.6) is 5.75 Å². The number of para-hydroxylation sites is 1. The zero-order chi connectivity index (χ0) is 21.3. The largest absolute Gasteiger partial charge is 0.484 e. The van der Waals surface area contributed by atoms with Gasteiger partial charge in [-0.05, 0) is 30.5 Å². The van der Waals surface area contributed by atoms with Crippen molar-refractivity contribution in [1.82, 2.24) is 5.32 Å². The molecular weight excluding hydrogens is 384 g/mol. The number of carbonyl (C=O) groups excluding carboxylic acids is 3. The molecule has 7 heteroatoms. The molecule has 3 aromatic carbocycles. The van der Waals surface area contributed by atoms with Crippen LogP contribution >= 0.6 is 0 Å². The van der Waals surface area contributed by atoms with Gasteiger partial charge in [-0.15, -0.1) is 0 Å². The van der Waals surface area contributed by atoms with Gasteiger partial charge in [-0.2, -0.15) is 0 Å². The number of ether oxygens (including phenoxy) is 2. The van der Waals surface area contributed by atoms with Gasteiger partial charge in [0.1, 0.15) is 12.3 Å². The Bertz CT molecular complexity index is 1030. The van der Waals surface area contributed by atoms with Crippen LogP contribution in [-0.4, -0.2) is 37.0 Å². The number of hydrogen-bond donors (Lipinski definition) is 2. The van der Waals surface area contributed by atoms with Gasteiger partial charge in [0.15, 0.2) is 12.7 Å². The van der Waals surface area contributed by atoms with E-state index in [9.17, 15) is 14.4 Å². The third kappa shape index (κ3) is 5.81. The van der Waals surface area contributed by atoms with Crippen LogP contribution < -0.4 is 15.4 Å². The van der Waals surface area contributed by atoms with E-state index in [4.69, 9.17) is 9.47 Å². The fourth-order valence-corrected chi connectivity index (χ4v) is 2.75. The maximum absolute atomic E-state index is 12.4. The van der Waals surface area contributed by atoms with Crippen molar-refractivity contribution in [1.29, 1.82) is 0 Å². The average Bonchev–Trinajstić information content (AvgIpc) is 2.77. The molecular formula is C23H22N2O5. The van der Waals surface area contributed by atoms with Crippen molar-refractivity contribution in [2.24, 2.45) is 0 Å². The van der Waals surface area contributed by atoms with Gasteiger partial charge in [0.25, 0.3) is 11.8 Å². The first-order valence-electron chi connectivity index (χ1n) is 9.45. The van der Waals surface area contributed by atoms with Gasteiger partial charge in [-0.1, -0.05) is 54.6 Å². The Morgan fingerprint density at radius 2 is 1.60 bits per heavy atom. The molecule has 2 amide bonds. The summed E-state index contributed by atoms with van der Waals surface area (Å²) in [7, 11) is 0. The van der Waals surface area contributed by atoms with E-state index in [0.717, 1.165) is 10.8 Å². The molecule has 0 saturated heterocycles. The number of hydrogen-bond acceptors (Lipinski definition) is 5. The highest BCUT2D eigenvalue weighted by Crippen LogP contribution is 2.23. The minimum atomic E-state index is -1.02. The van der Waals surface area contributed by atoms with Crippen molar-refractivity contribution in [2.45, 2.75) is 13.0 Å². The number of fused-ring (bicyclic) bond motifs is 1. The molecule has 0 fully saturated rings. The van der Waals surface area contributed by atoms with Crippen molar-refractivity contribution in [3.05, 3.63) is 72.8 Å². The van der Waals surface area contributed by atoms with E-state index in [0.29, 0.717) is 11.4 Å². The summed E-state index contributed by atoms with van der Waals surface area (Å²) < 4.78 is 10.4. The zero-order valence-electron chi connectivity index (χ0n) is 16.5. The van der Waals surface area contributed by atoms with Gasteiger partial charge in [0, 0.05) is 11.1 Å². The standard InChI is InChI=1S/C23H22N2O5/c1-16(23(28)25-20-13-7-9-17-8-5-6-12-19(17)20)30-22(27)14-24-21(26)15-29-18-10-3-2-4-11-18/h2-13,16H,14-15H2,1H3,(H,24,26)(H,25,28). The number of anilines is 1. The molecule has 154 valence electrons. The van der Waals surface area contributed by atoms with Gasteiger partial charge >= 0.3 is 5.97 Å². The van der Waals surface area contributed by atoms with Crippen LogP contribution in [0.4, 0.5) is 5.69 Å². The summed E-state index contributed by atoms with van der Waals surface area (Å²) in [5.74, 6) is -1.10. The molecule has 0 saturated carbocycles. The quantitative estimate of drug-likeness (QED) is 0.561. The Kier molecular flexibility index (Phi) is 7.00. The second-order valence-electron chi connectivity index (χ2n) is 6.53. The summed E-state index contributed by atoms with van der Waals surface area (Å²) in [5, 5.41) is 7.04. The first-order chi connectivity index (χ1) is 14.5. The van der Waals surface area contributed by atoms with E-state index in [1.807, 2.05) is 42.5 Å². The Labute approximate surface area is 174 Å². The monoisotopic (exact) mass is 406 g/mol. The van der Waals surface area contributed by atoms with E-state index in [1.165, 1.54) is 6.92 Å². The summed E-state index contributed by atoms with van der Waals surface area (Å²) in [6.45, 7) is 0.885. The Balaban J connectivity index is 1.44. The lowest BCUT2D eigenvalue weighted by molar-refractivity contribution is -0.152. The number of esters is 1. The van der Waals surface area contributed by atoms with Crippen molar-refractivity contribution in [2.75, 3.05) is 18.5 Å². The van der Waals surface area contributed by atoms with Gasteiger partial charge in [0.2, 0.25) is 0 Å². The van der Waals surface area contributed by atoms with Crippen molar-refractivity contribution in [3.8, 4) is 5.75 Å². The van der Waals surface area contributed by atoms with Crippen LogP contribution in [0.1, 0.15) is 6.92 Å². The van der Waals surface area contributed by atoms with E-state index in [1.54, 1.807) is 30.3 Å². The predicted octanol–water partition coefficient (Wildman–Crippen LogP) is 2.91. The molecule has 0 aliphatic carbocycles. The fourth-order valence-electron chi connectivity index (χ4n) is 2.75. The minimum Gasteiger partial charge on any atom is -0.484 e. The molecule has 0 aromatic heterocycles. The molecule has 0 spiro atoms. The molecule has 1 unspecified atom stereocenters. The summed E-state index contributed by atoms with van der Waals surface area (Å²) in [6.07, 6.45) is -1.02. The SMILES string of the molecule is CC(OC(=O)CNC(=O)COc1ccccc1)C(=O)Nc1cccc2ccccc12. The number of nitrogens with one attached hydrogen (secondary N) is 2. The number of amides is 2. The normalized spacial score (nSPS) is 11.4. The first-order valence-corrected chi connectivity index (χ1v) is 9.45. The molecule has 30 heavy (non-hydrogen) atoms. The van der Waals surface area contributed by atoms with Gasteiger partial charge in [-0.25, -0.2) is 0 Å². The number of benzene rings is 3. The maximum atomic E-state index is 12.4. The third-order valence-corrected chi connectivity index (χ3v) is 4.27. The highest BCUT2D eigenvalue weighted by molar-refractivity contribution is 6.03. The third-order valence-electron chi connectivity index (χ3n) is 4.27. The number of carbonyl (C=O) groups is 3. The average molecular weight is 406 g/mol. The lowest BCUT2D eigenvalue weighted by atomic mass is 10.1. The smallest absolute Gasteiger partial charge is 0.326 e. The molecule has 2 N–H and O–H groups in total. The van der Waals surface area contributed by atoms with Gasteiger partial charge in [-0.3, -0.25) is 14.4 Å². The van der Waals surface area contributed by atoms with Crippen LogP contribution in [0.3, 0.4) is 0 Å². The zero-order valence-corrected chi connectivity index (χ0v) is 16.5. The highest BCUT2D eigenvalue weighted by Gasteiger charge is 2.19. The molecule has 7 nitrogen and oxygen atoms in total. The topological polar surface area (TPSA) is 93.7 Å². The summed E-state index contributed by atoms with van der Waals surface area (Å²) in [5.41, 5.74) is 0.632. The molecule has 0 heterocycles. The predicted molar refractivity (Wildman–Crippen MR) is 113 cm³/mol. The van der Waals surface area contributed by atoms with Crippen LogP contribution in [0.2, 0.25) is 0 Å². The summed E-state index contributed by atoms with van der Waals surface area (Å²) >= 11 is 0. The van der Waals surface area contributed by atoms with Crippen molar-refractivity contribution < 1.29 is 23.9 Å². The van der Waals surface area contributed by atoms with Gasteiger partial charge < -0.3 is 20.1 Å². The molecule has 3 aromatic rings. The van der Waals surface area contributed by atoms with E-state index in [2.05, 4.69) is 10.6 Å². The van der Waals surface area contributed by atoms with E-state index in [-0.39, 0.29) is 13.2 Å². The second kappa shape index (κ2) is 10.1. The maximum Gasteiger partial charge on any atom is 0.326 e. The molecule has 0 radical (unpaired) electrons. The molecule has 0 aliphatic heterocycles. The minimum absolute atomic E-state index is 0.228. The molecule has 0 aliphatic rings. The molecule has 1 atom stereocenters. The number of rotatable bonds is 8. The lowest BCUT2D eigenvalue weighted by Crippen LogP contribution is -2.37. The second-order valence-corrected chi connectivity index (χ2v) is 6.53. The van der Waals surface area contributed by atoms with Crippen LogP contribution in [0, 0.1) is 0 Å². The van der Waals surface area contributed by atoms with Crippen molar-refractivity contribution >= 4 is 34.2 Å². The fraction of sp³-hybridized carbons (Fsp3) is 0.174. The van der Waals surface area contributed by atoms with Crippen LogP contribution in [0.15, 0.2) is 72.8 Å². The van der Waals surface area contributed by atoms with E-state index < -0.39 is 23.9 Å². The first kappa shape index (κ1) is 20.9. The lowest BCUT2D eigenvalue weighted by Gasteiger charge is -2.15. The summed E-state index contributed by atoms with van der Waals surface area (Å²) in [6, 6.07) is 22.0. The highest BCUT2D eigenvalue weighted by atomic mass is 16.5. The van der Waals surface area contributed by atoms with Gasteiger partial charge in [0.05, 0.1) is 0 Å². The van der Waals surface area contributed by atoms with Crippen LogP contribution in [0.25, 0.3) is 10.8 Å². The summed E-state index contributed by atoms with van der Waals surface area (Å²) in [4.78, 5) is 36.1. The molecule has 0 bridgehead atoms. The van der Waals surface area contributed by atoms with Crippen LogP contribution in [-0.2, 0) is 19.1 Å². The Morgan fingerprint density at radius 3 is 2.40 bits per heavy atom.